The van der Waals surface area contributed by atoms with Crippen molar-refractivity contribution in [1.29, 1.82) is 0 Å². The second-order valence-corrected chi connectivity index (χ2v) is 8.78. The van der Waals surface area contributed by atoms with Gasteiger partial charge in [-0.15, -0.1) is 0 Å². The van der Waals surface area contributed by atoms with E-state index < -0.39 is 0 Å². The molecule has 2 saturated carbocycles. The normalized spacial score (nSPS) is 25.0. The van der Waals surface area contributed by atoms with Gasteiger partial charge in [0.1, 0.15) is 22.7 Å². The minimum Gasteiger partial charge on any atom is -0.393 e. The summed E-state index contributed by atoms with van der Waals surface area (Å²) in [5, 5.41) is 18.2. The molecule has 8 nitrogen and oxygen atoms in total. The van der Waals surface area contributed by atoms with E-state index in [1.165, 1.54) is 12.1 Å². The number of hydrogen-bond acceptors (Lipinski definition) is 5. The molecule has 158 valence electrons. The van der Waals surface area contributed by atoms with E-state index in [0.29, 0.717) is 33.6 Å². The number of halogens is 1. The Balaban J connectivity index is 1.34. The molecule has 3 aromatic heterocycles. The quantitative estimate of drug-likeness (QED) is 0.472. The van der Waals surface area contributed by atoms with Crippen LogP contribution >= 0.6 is 0 Å². The average Bonchev–Trinajstić information content (AvgIpc) is 3.06. The van der Waals surface area contributed by atoms with E-state index in [-0.39, 0.29) is 29.3 Å². The van der Waals surface area contributed by atoms with Gasteiger partial charge in [0.15, 0.2) is 5.65 Å². The molecule has 1 aromatic carbocycles. The number of carbonyl (C=O) groups excluding carboxylic acids is 1. The van der Waals surface area contributed by atoms with E-state index >= 15 is 0 Å². The third kappa shape index (κ3) is 2.83. The molecule has 2 fully saturated rings. The van der Waals surface area contributed by atoms with Gasteiger partial charge in [0.2, 0.25) is 0 Å². The minimum absolute atomic E-state index is 0.0557. The van der Waals surface area contributed by atoms with Crippen molar-refractivity contribution < 1.29 is 14.3 Å². The van der Waals surface area contributed by atoms with Crippen molar-refractivity contribution in [3.8, 4) is 11.4 Å². The Kier molecular flexibility index (Phi) is 3.77. The molecule has 0 unspecified atom stereocenters. The lowest BCUT2D eigenvalue weighted by Gasteiger charge is -2.09. The monoisotopic (exact) mass is 420 g/mol. The third-order valence-corrected chi connectivity index (χ3v) is 6.79. The molecule has 0 radical (unpaired) electrons. The first-order chi connectivity index (χ1) is 14.9. The molecule has 0 aliphatic heterocycles. The fourth-order valence-electron chi connectivity index (χ4n) is 5.02. The number of amides is 1. The van der Waals surface area contributed by atoms with Gasteiger partial charge in [-0.25, -0.2) is 14.4 Å². The number of fused-ring (bicyclic) bond motifs is 2. The van der Waals surface area contributed by atoms with Gasteiger partial charge in [-0.05, 0) is 49.3 Å². The molecule has 2 aliphatic rings. The zero-order chi connectivity index (χ0) is 21.3. The molecular formula is C22H21FN6O2. The van der Waals surface area contributed by atoms with Crippen LogP contribution in [0.2, 0.25) is 0 Å². The highest BCUT2D eigenvalue weighted by atomic mass is 19.1. The number of aryl methyl sites for hydroxylation is 1. The van der Waals surface area contributed by atoms with Gasteiger partial charge in [-0.2, -0.15) is 5.10 Å². The van der Waals surface area contributed by atoms with E-state index in [1.54, 1.807) is 30.2 Å². The number of carbonyl (C=O) groups is 1. The second-order valence-electron chi connectivity index (χ2n) is 8.78. The summed E-state index contributed by atoms with van der Waals surface area (Å²) in [5.41, 5.74) is 3.22. The molecule has 3 heterocycles. The molecule has 31 heavy (non-hydrogen) atoms. The lowest BCUT2D eigenvalue weighted by Crippen LogP contribution is -2.29. The molecular weight excluding hydrogens is 399 g/mol. The average molecular weight is 420 g/mol. The van der Waals surface area contributed by atoms with Crippen LogP contribution in [0.15, 0.2) is 30.6 Å². The predicted octanol–water partition coefficient (Wildman–Crippen LogP) is 2.68. The first-order valence-corrected chi connectivity index (χ1v) is 10.4. The Morgan fingerprint density at radius 1 is 1.39 bits per heavy atom. The van der Waals surface area contributed by atoms with Crippen molar-refractivity contribution in [2.75, 3.05) is 0 Å². The van der Waals surface area contributed by atoms with Crippen LogP contribution in [0.1, 0.15) is 36.0 Å². The summed E-state index contributed by atoms with van der Waals surface area (Å²) in [4.78, 5) is 25.1. The summed E-state index contributed by atoms with van der Waals surface area (Å²) in [7, 11) is 1.75. The molecule has 0 bridgehead atoms. The molecule has 3 N–H and O–H groups in total. The highest BCUT2D eigenvalue weighted by Gasteiger charge is 2.58. The van der Waals surface area contributed by atoms with E-state index in [2.05, 4.69) is 25.4 Å². The predicted molar refractivity (Wildman–Crippen MR) is 112 cm³/mol. The molecule has 6 rings (SSSR count). The van der Waals surface area contributed by atoms with Crippen LogP contribution in [0, 0.1) is 11.2 Å². The van der Waals surface area contributed by atoms with Crippen molar-refractivity contribution in [3.63, 3.8) is 0 Å². The van der Waals surface area contributed by atoms with Crippen molar-refractivity contribution in [2.24, 2.45) is 12.5 Å². The number of nitrogens with zero attached hydrogens (tertiary/aromatic N) is 4. The van der Waals surface area contributed by atoms with Gasteiger partial charge in [-0.1, -0.05) is 0 Å². The van der Waals surface area contributed by atoms with Crippen LogP contribution in [-0.2, 0) is 7.05 Å². The van der Waals surface area contributed by atoms with Gasteiger partial charge >= 0.3 is 0 Å². The number of aliphatic hydroxyl groups excluding tert-OH is 1. The summed E-state index contributed by atoms with van der Waals surface area (Å²) in [6.45, 7) is 0. The molecule has 2 aliphatic carbocycles. The summed E-state index contributed by atoms with van der Waals surface area (Å²) in [5.74, 6) is -0.533. The van der Waals surface area contributed by atoms with Gasteiger partial charge in [-0.3, -0.25) is 9.48 Å². The largest absolute Gasteiger partial charge is 0.393 e. The van der Waals surface area contributed by atoms with Gasteiger partial charge in [0.05, 0.1) is 23.4 Å². The fraction of sp³-hybridized carbons (Fsp3) is 0.364. The molecule has 9 heteroatoms. The standard InChI is InChI=1S/C22H21FN6O2/c1-29-16-6-11(23)2-3-13(16)18(28-29)15-10-25-20-19(26-15)14(9-24-20)21(31)27-17-8-22(17)5-4-12(30)7-22/h2-3,6,9-10,12,17,30H,4-5,7-8H2,1H3,(H,24,25)(H,27,31)/t12-,17+,22-/m1/s1. The maximum absolute atomic E-state index is 13.6. The first-order valence-electron chi connectivity index (χ1n) is 10.4. The zero-order valence-electron chi connectivity index (χ0n) is 16.9. The zero-order valence-corrected chi connectivity index (χ0v) is 16.9. The molecule has 0 saturated heterocycles. The van der Waals surface area contributed by atoms with Crippen molar-refractivity contribution in [3.05, 3.63) is 42.0 Å². The number of benzene rings is 1. The number of rotatable bonds is 3. The topological polar surface area (TPSA) is 109 Å². The maximum atomic E-state index is 13.6. The van der Waals surface area contributed by atoms with Crippen molar-refractivity contribution >= 4 is 28.0 Å². The maximum Gasteiger partial charge on any atom is 0.255 e. The second kappa shape index (κ2) is 6.34. The van der Waals surface area contributed by atoms with Crippen LogP contribution in [-0.4, -0.2) is 47.9 Å². The van der Waals surface area contributed by atoms with Crippen LogP contribution in [0.25, 0.3) is 33.5 Å². The Morgan fingerprint density at radius 2 is 2.26 bits per heavy atom. The van der Waals surface area contributed by atoms with E-state index in [0.717, 1.165) is 31.1 Å². The molecule has 3 atom stereocenters. The highest BCUT2D eigenvalue weighted by Crippen LogP contribution is 2.57. The summed E-state index contributed by atoms with van der Waals surface area (Å²) >= 11 is 0. The highest BCUT2D eigenvalue weighted by molar-refractivity contribution is 6.05. The Bertz CT molecular complexity index is 1360. The Hall–Kier alpha value is -3.33. The van der Waals surface area contributed by atoms with E-state index in [1.807, 2.05) is 0 Å². The number of H-pyrrole nitrogens is 1. The SMILES string of the molecule is Cn1nc(-c2cnc3[nH]cc(C(=O)N[C@H]4C[C@]45CC[C@@H](O)C5)c3n2)c2ccc(F)cc21. The van der Waals surface area contributed by atoms with Crippen LogP contribution in [0.3, 0.4) is 0 Å². The van der Waals surface area contributed by atoms with E-state index in [4.69, 9.17) is 0 Å². The van der Waals surface area contributed by atoms with E-state index in [9.17, 15) is 14.3 Å². The number of hydrogen-bond donors (Lipinski definition) is 3. The summed E-state index contributed by atoms with van der Waals surface area (Å²) < 4.78 is 15.2. The van der Waals surface area contributed by atoms with Crippen molar-refractivity contribution in [1.82, 2.24) is 30.0 Å². The summed E-state index contributed by atoms with van der Waals surface area (Å²) in [6, 6.07) is 4.58. The number of aromatic nitrogens is 5. The van der Waals surface area contributed by atoms with Crippen LogP contribution in [0.4, 0.5) is 4.39 Å². The Labute approximate surface area is 176 Å². The summed E-state index contributed by atoms with van der Waals surface area (Å²) in [6.07, 6.45) is 6.37. The fourth-order valence-corrected chi connectivity index (χ4v) is 5.02. The Morgan fingerprint density at radius 3 is 3.06 bits per heavy atom. The lowest BCUT2D eigenvalue weighted by atomic mass is 10.0. The van der Waals surface area contributed by atoms with Crippen molar-refractivity contribution in [2.45, 2.75) is 37.8 Å². The molecule has 1 amide bonds. The molecule has 1 spiro atoms. The van der Waals surface area contributed by atoms with Gasteiger partial charge in [0, 0.05) is 24.7 Å². The van der Waals surface area contributed by atoms with Crippen LogP contribution in [0.5, 0.6) is 0 Å². The van der Waals surface area contributed by atoms with Gasteiger partial charge in [0.25, 0.3) is 5.91 Å². The van der Waals surface area contributed by atoms with Gasteiger partial charge < -0.3 is 15.4 Å². The van der Waals surface area contributed by atoms with Crippen LogP contribution < -0.4 is 5.32 Å². The minimum atomic E-state index is -0.333. The first kappa shape index (κ1) is 18.4. The lowest BCUT2D eigenvalue weighted by molar-refractivity contribution is 0.0944. The molecule has 4 aromatic rings. The smallest absolute Gasteiger partial charge is 0.255 e. The number of aliphatic hydroxyl groups is 1. The number of aromatic amines is 1. The number of nitrogens with one attached hydrogen (secondary N) is 2. The third-order valence-electron chi connectivity index (χ3n) is 6.79.